The Labute approximate surface area is 153 Å². The van der Waals surface area contributed by atoms with Crippen molar-refractivity contribution in [2.75, 3.05) is 13.7 Å². The van der Waals surface area contributed by atoms with Crippen LogP contribution in [0.5, 0.6) is 5.75 Å². The zero-order valence-electron chi connectivity index (χ0n) is 14.3. The van der Waals surface area contributed by atoms with Crippen molar-refractivity contribution in [2.24, 2.45) is 0 Å². The summed E-state index contributed by atoms with van der Waals surface area (Å²) in [6.45, 7) is -0.497. The Bertz CT molecular complexity index is 1030. The number of aromatic nitrogens is 2. The van der Waals surface area contributed by atoms with E-state index in [1.165, 1.54) is 25.3 Å². The molecule has 0 aliphatic rings. The van der Waals surface area contributed by atoms with Gasteiger partial charge in [0, 0.05) is 0 Å². The van der Waals surface area contributed by atoms with Crippen LogP contribution in [-0.4, -0.2) is 40.8 Å². The van der Waals surface area contributed by atoms with E-state index < -0.39 is 18.4 Å². The number of benzene rings is 2. The number of nitrogens with one attached hydrogen (secondary N) is 2. The minimum absolute atomic E-state index is 0.198. The molecule has 138 valence electrons. The molecule has 0 spiro atoms. The molecule has 0 aliphatic carbocycles. The average Bonchev–Trinajstić information content (AvgIpc) is 3.08. The molecule has 0 radical (unpaired) electrons. The highest BCUT2D eigenvalue weighted by Gasteiger charge is 2.19. The molecule has 0 saturated carbocycles. The number of fused-ring (bicyclic) bond motifs is 1. The second-order valence-electron chi connectivity index (χ2n) is 5.64. The number of methoxy groups -OCH3 is 1. The molecule has 2 aromatic carbocycles. The SMILES string of the molecule is COc1c(C(=O)NCC(=O)O)ccc2[nH]nc(/C=C/c3ccc(F)cc3)c12. The number of carbonyl (C=O) groups is 2. The number of nitrogens with zero attached hydrogens (tertiary/aromatic N) is 1. The fourth-order valence-corrected chi connectivity index (χ4v) is 2.62. The highest BCUT2D eigenvalue weighted by atomic mass is 19.1. The van der Waals surface area contributed by atoms with Crippen molar-refractivity contribution in [3.8, 4) is 5.75 Å². The number of H-pyrrole nitrogens is 1. The van der Waals surface area contributed by atoms with Gasteiger partial charge in [0.2, 0.25) is 0 Å². The van der Waals surface area contributed by atoms with Gasteiger partial charge in [-0.05, 0) is 35.9 Å². The summed E-state index contributed by atoms with van der Waals surface area (Å²) >= 11 is 0. The van der Waals surface area contributed by atoms with E-state index in [-0.39, 0.29) is 17.1 Å². The van der Waals surface area contributed by atoms with E-state index in [2.05, 4.69) is 15.5 Å². The Morgan fingerprint density at radius 3 is 2.63 bits per heavy atom. The number of halogens is 1. The maximum atomic E-state index is 13.0. The molecule has 3 rings (SSSR count). The maximum Gasteiger partial charge on any atom is 0.322 e. The Balaban J connectivity index is 1.99. The lowest BCUT2D eigenvalue weighted by Gasteiger charge is -2.09. The van der Waals surface area contributed by atoms with Gasteiger partial charge in [0.15, 0.2) is 0 Å². The third-order valence-corrected chi connectivity index (χ3v) is 3.86. The molecule has 27 heavy (non-hydrogen) atoms. The zero-order valence-corrected chi connectivity index (χ0v) is 14.3. The first kappa shape index (κ1) is 18.1. The van der Waals surface area contributed by atoms with Crippen LogP contribution in [0.1, 0.15) is 21.6 Å². The van der Waals surface area contributed by atoms with Gasteiger partial charge in [-0.1, -0.05) is 18.2 Å². The lowest BCUT2D eigenvalue weighted by Crippen LogP contribution is -2.29. The summed E-state index contributed by atoms with van der Waals surface area (Å²) in [6, 6.07) is 9.16. The molecular weight excluding hydrogens is 353 g/mol. The monoisotopic (exact) mass is 369 g/mol. The van der Waals surface area contributed by atoms with Crippen molar-refractivity contribution in [3.63, 3.8) is 0 Å². The molecule has 1 heterocycles. The van der Waals surface area contributed by atoms with Crippen molar-refractivity contribution >= 4 is 34.9 Å². The van der Waals surface area contributed by atoms with Gasteiger partial charge in [-0.25, -0.2) is 4.39 Å². The summed E-state index contributed by atoms with van der Waals surface area (Å²) in [7, 11) is 1.42. The van der Waals surface area contributed by atoms with Crippen molar-refractivity contribution < 1.29 is 23.8 Å². The highest BCUT2D eigenvalue weighted by molar-refractivity contribution is 6.06. The Morgan fingerprint density at radius 1 is 1.22 bits per heavy atom. The van der Waals surface area contributed by atoms with Crippen LogP contribution in [0.3, 0.4) is 0 Å². The van der Waals surface area contributed by atoms with Crippen molar-refractivity contribution in [3.05, 3.63) is 59.0 Å². The summed E-state index contributed by atoms with van der Waals surface area (Å²) in [5.41, 5.74) is 2.16. The predicted octanol–water partition coefficient (Wildman–Crippen LogP) is 2.70. The lowest BCUT2D eigenvalue weighted by molar-refractivity contribution is -0.135. The highest BCUT2D eigenvalue weighted by Crippen LogP contribution is 2.32. The van der Waals surface area contributed by atoms with E-state index in [0.717, 1.165) is 5.56 Å². The van der Waals surface area contributed by atoms with Crippen LogP contribution in [0.25, 0.3) is 23.1 Å². The fraction of sp³-hybridized carbons (Fsp3) is 0.105. The molecule has 0 fully saturated rings. The number of carboxylic acid groups (broad SMARTS) is 1. The topological polar surface area (TPSA) is 104 Å². The van der Waals surface area contributed by atoms with Crippen molar-refractivity contribution in [2.45, 2.75) is 0 Å². The molecule has 1 amide bonds. The lowest BCUT2D eigenvalue weighted by atomic mass is 10.1. The molecular formula is C19H16FN3O4. The maximum absolute atomic E-state index is 13.0. The quantitative estimate of drug-likeness (QED) is 0.620. The number of carboxylic acids is 1. The molecule has 0 saturated heterocycles. The smallest absolute Gasteiger partial charge is 0.322 e. The van der Waals surface area contributed by atoms with Gasteiger partial charge in [0.1, 0.15) is 18.1 Å². The van der Waals surface area contributed by atoms with Crippen molar-refractivity contribution in [1.82, 2.24) is 15.5 Å². The molecule has 3 aromatic rings. The number of ether oxygens (including phenoxy) is 1. The predicted molar refractivity (Wildman–Crippen MR) is 97.9 cm³/mol. The number of hydrogen-bond donors (Lipinski definition) is 3. The zero-order chi connectivity index (χ0) is 19.4. The fourth-order valence-electron chi connectivity index (χ4n) is 2.62. The second-order valence-corrected chi connectivity index (χ2v) is 5.64. The molecule has 7 nitrogen and oxygen atoms in total. The van der Waals surface area contributed by atoms with E-state index in [1.807, 2.05) is 0 Å². The molecule has 0 unspecified atom stereocenters. The van der Waals surface area contributed by atoms with E-state index in [9.17, 15) is 14.0 Å². The van der Waals surface area contributed by atoms with E-state index in [4.69, 9.17) is 9.84 Å². The third-order valence-electron chi connectivity index (χ3n) is 3.86. The number of amides is 1. The normalized spacial score (nSPS) is 11.0. The number of aliphatic carboxylic acids is 1. The standard InChI is InChI=1S/C19H16FN3O4/c1-27-18-13(19(26)21-10-16(24)25)7-9-15-17(18)14(22-23-15)8-4-11-2-5-12(20)6-3-11/h2-9H,10H2,1H3,(H,21,26)(H,22,23)(H,24,25)/b8-4+. The summed E-state index contributed by atoms with van der Waals surface area (Å²) in [5.74, 6) is -1.75. The van der Waals surface area contributed by atoms with Crippen LogP contribution in [0.4, 0.5) is 4.39 Å². The third kappa shape index (κ3) is 3.95. The average molecular weight is 369 g/mol. The molecule has 1 aromatic heterocycles. The number of carbonyl (C=O) groups excluding carboxylic acids is 1. The minimum atomic E-state index is -1.14. The molecule has 0 atom stereocenters. The first-order valence-electron chi connectivity index (χ1n) is 7.98. The van der Waals surface area contributed by atoms with Gasteiger partial charge >= 0.3 is 5.97 Å². The van der Waals surface area contributed by atoms with Crippen LogP contribution >= 0.6 is 0 Å². The van der Waals surface area contributed by atoms with Gasteiger partial charge < -0.3 is 15.2 Å². The summed E-state index contributed by atoms with van der Waals surface area (Å²) in [4.78, 5) is 22.9. The van der Waals surface area contributed by atoms with Crippen LogP contribution < -0.4 is 10.1 Å². The summed E-state index contributed by atoms with van der Waals surface area (Å²) < 4.78 is 18.4. The summed E-state index contributed by atoms with van der Waals surface area (Å²) in [6.07, 6.45) is 3.47. The molecule has 0 aliphatic heterocycles. The van der Waals surface area contributed by atoms with Crippen molar-refractivity contribution in [1.29, 1.82) is 0 Å². The van der Waals surface area contributed by atoms with Gasteiger partial charge in [-0.2, -0.15) is 5.10 Å². The molecule has 3 N–H and O–H groups in total. The second kappa shape index (κ2) is 7.69. The molecule has 8 heteroatoms. The Hall–Kier alpha value is -3.68. The van der Waals surface area contributed by atoms with Crippen LogP contribution in [0.2, 0.25) is 0 Å². The largest absolute Gasteiger partial charge is 0.495 e. The van der Waals surface area contributed by atoms with Gasteiger partial charge in [0.05, 0.1) is 29.3 Å². The number of aromatic amines is 1. The van der Waals surface area contributed by atoms with E-state index in [0.29, 0.717) is 16.6 Å². The number of hydrogen-bond acceptors (Lipinski definition) is 4. The van der Waals surface area contributed by atoms with Gasteiger partial charge in [-0.3, -0.25) is 14.7 Å². The first-order chi connectivity index (χ1) is 13.0. The van der Waals surface area contributed by atoms with Crippen LogP contribution in [0.15, 0.2) is 36.4 Å². The van der Waals surface area contributed by atoms with Gasteiger partial charge in [-0.15, -0.1) is 0 Å². The molecule has 0 bridgehead atoms. The summed E-state index contributed by atoms with van der Waals surface area (Å²) in [5, 5.41) is 18.7. The van der Waals surface area contributed by atoms with E-state index >= 15 is 0 Å². The van der Waals surface area contributed by atoms with Crippen LogP contribution in [-0.2, 0) is 4.79 Å². The Morgan fingerprint density at radius 2 is 1.96 bits per heavy atom. The van der Waals surface area contributed by atoms with Crippen LogP contribution in [0, 0.1) is 5.82 Å². The van der Waals surface area contributed by atoms with E-state index in [1.54, 1.807) is 30.4 Å². The first-order valence-corrected chi connectivity index (χ1v) is 7.98. The minimum Gasteiger partial charge on any atom is -0.495 e. The van der Waals surface area contributed by atoms with Gasteiger partial charge in [0.25, 0.3) is 5.91 Å². The Kier molecular flexibility index (Phi) is 5.16. The number of rotatable bonds is 6.